The summed E-state index contributed by atoms with van der Waals surface area (Å²) in [5, 5.41) is 4.48. The number of alkyl halides is 2. The molecule has 0 aliphatic carbocycles. The van der Waals surface area contributed by atoms with E-state index in [4.69, 9.17) is 0 Å². The SMILES string of the molecule is CSC1=NCCN1C(=O)Cc1c(C)nn(C(F)F)c1C. The molecule has 0 aromatic carbocycles. The average molecular weight is 302 g/mol. The second-order valence-electron chi connectivity index (χ2n) is 4.46. The van der Waals surface area contributed by atoms with Gasteiger partial charge in [0.2, 0.25) is 5.91 Å². The van der Waals surface area contributed by atoms with E-state index in [0.29, 0.717) is 39.9 Å². The van der Waals surface area contributed by atoms with Gasteiger partial charge < -0.3 is 0 Å². The lowest BCUT2D eigenvalue weighted by molar-refractivity contribution is -0.126. The summed E-state index contributed by atoms with van der Waals surface area (Å²) < 4.78 is 26.2. The minimum Gasteiger partial charge on any atom is -0.289 e. The molecule has 8 heteroatoms. The number of thioether (sulfide) groups is 1. The van der Waals surface area contributed by atoms with Crippen molar-refractivity contribution in [2.24, 2.45) is 4.99 Å². The molecule has 0 saturated heterocycles. The number of carbonyl (C=O) groups is 1. The zero-order valence-corrected chi connectivity index (χ0v) is 12.4. The van der Waals surface area contributed by atoms with E-state index in [9.17, 15) is 13.6 Å². The third-order valence-corrected chi connectivity index (χ3v) is 3.99. The summed E-state index contributed by atoms with van der Waals surface area (Å²) in [5.41, 5.74) is 1.38. The van der Waals surface area contributed by atoms with Crippen LogP contribution in [0.25, 0.3) is 0 Å². The van der Waals surface area contributed by atoms with Crippen molar-refractivity contribution < 1.29 is 13.6 Å². The number of aliphatic imine (C=N–C) groups is 1. The van der Waals surface area contributed by atoms with Crippen LogP contribution in [0.2, 0.25) is 0 Å². The van der Waals surface area contributed by atoms with Crippen LogP contribution in [0.3, 0.4) is 0 Å². The van der Waals surface area contributed by atoms with Gasteiger partial charge in [0.1, 0.15) is 0 Å². The number of nitrogens with zero attached hydrogens (tertiary/aromatic N) is 4. The number of amides is 1. The summed E-state index contributed by atoms with van der Waals surface area (Å²) in [7, 11) is 0. The van der Waals surface area contributed by atoms with Crippen LogP contribution in [-0.4, -0.2) is 45.1 Å². The van der Waals surface area contributed by atoms with E-state index in [2.05, 4.69) is 10.1 Å². The predicted octanol–water partition coefficient (Wildman–Crippen LogP) is 2.00. The number of carbonyl (C=O) groups excluding carboxylic acids is 1. The molecule has 110 valence electrons. The highest BCUT2D eigenvalue weighted by Gasteiger charge is 2.26. The highest BCUT2D eigenvalue weighted by atomic mass is 32.2. The van der Waals surface area contributed by atoms with E-state index < -0.39 is 6.55 Å². The van der Waals surface area contributed by atoms with Crippen molar-refractivity contribution >= 4 is 22.8 Å². The molecule has 0 atom stereocenters. The topological polar surface area (TPSA) is 50.5 Å². The molecule has 1 amide bonds. The van der Waals surface area contributed by atoms with Crippen molar-refractivity contribution in [3.63, 3.8) is 0 Å². The first-order valence-electron chi connectivity index (χ1n) is 6.17. The molecule has 2 heterocycles. The molecule has 20 heavy (non-hydrogen) atoms. The van der Waals surface area contributed by atoms with E-state index >= 15 is 0 Å². The summed E-state index contributed by atoms with van der Waals surface area (Å²) >= 11 is 1.41. The molecule has 2 rings (SSSR count). The number of aryl methyl sites for hydroxylation is 1. The maximum absolute atomic E-state index is 12.8. The van der Waals surface area contributed by atoms with Gasteiger partial charge in [-0.2, -0.15) is 13.9 Å². The summed E-state index contributed by atoms with van der Waals surface area (Å²) in [5.74, 6) is -0.129. The molecule has 1 aromatic heterocycles. The van der Waals surface area contributed by atoms with Gasteiger partial charge in [-0.05, 0) is 20.1 Å². The van der Waals surface area contributed by atoms with Crippen LogP contribution in [0.15, 0.2) is 4.99 Å². The Balaban J connectivity index is 2.18. The fourth-order valence-corrected chi connectivity index (χ4v) is 2.86. The number of amidine groups is 1. The Hall–Kier alpha value is -1.44. The van der Waals surface area contributed by atoms with E-state index in [-0.39, 0.29) is 12.3 Å². The number of halogens is 2. The fraction of sp³-hybridized carbons (Fsp3) is 0.583. The molecular formula is C12H16F2N4OS. The van der Waals surface area contributed by atoms with Gasteiger partial charge in [0, 0.05) is 17.8 Å². The summed E-state index contributed by atoms with van der Waals surface area (Å²) in [6, 6.07) is 0. The maximum Gasteiger partial charge on any atom is 0.333 e. The molecule has 1 aromatic rings. The number of hydrogen-bond acceptors (Lipinski definition) is 4. The molecule has 0 fully saturated rings. The predicted molar refractivity (Wildman–Crippen MR) is 74.2 cm³/mol. The highest BCUT2D eigenvalue weighted by Crippen LogP contribution is 2.21. The third kappa shape index (κ3) is 2.70. The molecule has 0 N–H and O–H groups in total. The van der Waals surface area contributed by atoms with Crippen molar-refractivity contribution in [1.82, 2.24) is 14.7 Å². The molecule has 0 radical (unpaired) electrons. The zero-order valence-electron chi connectivity index (χ0n) is 11.6. The smallest absolute Gasteiger partial charge is 0.289 e. The lowest BCUT2D eigenvalue weighted by Crippen LogP contribution is -2.34. The Bertz CT molecular complexity index is 556. The third-order valence-electron chi connectivity index (χ3n) is 3.27. The standard InChI is InChI=1S/C12H16F2N4OS/c1-7-9(8(2)18(16-7)11(13)14)6-10(19)17-5-4-15-12(17)20-3/h11H,4-6H2,1-3H3. The Labute approximate surface area is 120 Å². The van der Waals surface area contributed by atoms with Crippen molar-refractivity contribution in [1.29, 1.82) is 0 Å². The number of aromatic nitrogens is 2. The second-order valence-corrected chi connectivity index (χ2v) is 5.24. The fourth-order valence-electron chi connectivity index (χ4n) is 2.22. The van der Waals surface area contributed by atoms with Crippen LogP contribution in [0.4, 0.5) is 8.78 Å². The quantitative estimate of drug-likeness (QED) is 0.858. The molecule has 0 saturated carbocycles. The Kier molecular flexibility index (Phi) is 4.42. The minimum absolute atomic E-state index is 0.0734. The molecular weight excluding hydrogens is 286 g/mol. The van der Waals surface area contributed by atoms with E-state index in [1.165, 1.54) is 11.8 Å². The van der Waals surface area contributed by atoms with Gasteiger partial charge in [-0.25, -0.2) is 4.68 Å². The van der Waals surface area contributed by atoms with Crippen LogP contribution < -0.4 is 0 Å². The lowest BCUT2D eigenvalue weighted by atomic mass is 10.1. The van der Waals surface area contributed by atoms with Gasteiger partial charge in [-0.1, -0.05) is 11.8 Å². The minimum atomic E-state index is -2.69. The summed E-state index contributed by atoms with van der Waals surface area (Å²) in [6.07, 6.45) is 1.93. The van der Waals surface area contributed by atoms with Gasteiger partial charge in [0.05, 0.1) is 18.7 Å². The number of hydrogen-bond donors (Lipinski definition) is 0. The van der Waals surface area contributed by atoms with Crippen molar-refractivity contribution in [3.8, 4) is 0 Å². The lowest BCUT2D eigenvalue weighted by Gasteiger charge is -2.16. The maximum atomic E-state index is 12.8. The van der Waals surface area contributed by atoms with Crippen molar-refractivity contribution in [3.05, 3.63) is 17.0 Å². The Morgan fingerprint density at radius 1 is 1.45 bits per heavy atom. The van der Waals surface area contributed by atoms with Crippen LogP contribution in [0.5, 0.6) is 0 Å². The molecule has 5 nitrogen and oxygen atoms in total. The van der Waals surface area contributed by atoms with E-state index in [0.717, 1.165) is 0 Å². The highest BCUT2D eigenvalue weighted by molar-refractivity contribution is 8.13. The van der Waals surface area contributed by atoms with Gasteiger partial charge in [0.15, 0.2) is 5.17 Å². The van der Waals surface area contributed by atoms with E-state index in [1.807, 2.05) is 6.26 Å². The van der Waals surface area contributed by atoms with Crippen molar-refractivity contribution in [2.75, 3.05) is 19.3 Å². The first-order chi connectivity index (χ1) is 9.45. The summed E-state index contributed by atoms with van der Waals surface area (Å²) in [6.45, 7) is 1.66. The zero-order chi connectivity index (χ0) is 14.9. The summed E-state index contributed by atoms with van der Waals surface area (Å²) in [4.78, 5) is 18.1. The van der Waals surface area contributed by atoms with Crippen LogP contribution in [0, 0.1) is 13.8 Å². The van der Waals surface area contributed by atoms with Gasteiger partial charge in [-0.3, -0.25) is 14.7 Å². The second kappa shape index (κ2) is 5.90. The molecule has 0 spiro atoms. The van der Waals surface area contributed by atoms with Crippen molar-refractivity contribution in [2.45, 2.75) is 26.8 Å². The normalized spacial score (nSPS) is 15.1. The first kappa shape index (κ1) is 15.0. The van der Waals surface area contributed by atoms with Gasteiger partial charge in [0.25, 0.3) is 0 Å². The largest absolute Gasteiger partial charge is 0.333 e. The monoisotopic (exact) mass is 302 g/mol. The van der Waals surface area contributed by atoms with Gasteiger partial charge >= 0.3 is 6.55 Å². The first-order valence-corrected chi connectivity index (χ1v) is 7.39. The average Bonchev–Trinajstić information content (AvgIpc) is 2.97. The molecule has 1 aliphatic heterocycles. The molecule has 0 bridgehead atoms. The van der Waals surface area contributed by atoms with Crippen LogP contribution >= 0.6 is 11.8 Å². The Morgan fingerprint density at radius 3 is 2.70 bits per heavy atom. The van der Waals surface area contributed by atoms with Crippen LogP contribution in [0.1, 0.15) is 23.5 Å². The molecule has 0 unspecified atom stereocenters. The Morgan fingerprint density at radius 2 is 2.15 bits per heavy atom. The molecule has 1 aliphatic rings. The number of rotatable bonds is 3. The van der Waals surface area contributed by atoms with E-state index in [1.54, 1.807) is 18.7 Å². The van der Waals surface area contributed by atoms with Gasteiger partial charge in [-0.15, -0.1) is 0 Å². The van der Waals surface area contributed by atoms with Crippen LogP contribution in [-0.2, 0) is 11.2 Å².